The van der Waals surface area contributed by atoms with E-state index in [0.717, 1.165) is 0 Å². The van der Waals surface area contributed by atoms with Crippen molar-refractivity contribution in [1.82, 2.24) is 19.5 Å². The number of nitrogen functional groups attached to an aromatic ring is 1. The van der Waals surface area contributed by atoms with Gasteiger partial charge in [-0.15, -0.1) is 0 Å². The van der Waals surface area contributed by atoms with Crippen LogP contribution in [0.5, 0.6) is 0 Å². The van der Waals surface area contributed by atoms with Crippen molar-refractivity contribution in [3.05, 3.63) is 12.7 Å². The monoisotopic (exact) mass is 322 g/mol. The van der Waals surface area contributed by atoms with Gasteiger partial charge in [-0.2, -0.15) is 0 Å². The summed E-state index contributed by atoms with van der Waals surface area (Å²) in [6.07, 6.45) is -0.233. The first-order valence-electron chi connectivity index (χ1n) is 7.60. The summed E-state index contributed by atoms with van der Waals surface area (Å²) in [4.78, 5) is 12.2. The lowest BCUT2D eigenvalue weighted by Crippen LogP contribution is -2.37. The number of rotatable bonds is 4. The van der Waals surface area contributed by atoms with Crippen LogP contribution in [0, 0.1) is 5.92 Å². The van der Waals surface area contributed by atoms with E-state index in [1.54, 1.807) is 4.57 Å². The predicted octanol–water partition coefficient (Wildman–Crippen LogP) is -0.599. The highest BCUT2D eigenvalue weighted by Gasteiger charge is 2.44. The standard InChI is InChI=1S/C14H22N6O3/c1-6(2)7(15)3-8-10(21)11(22)14(23-8)20-5-19-9-12(16)17-4-18-13(9)20/h4-8,10-11,14,21-22H,3,15H2,1-2H3,(H2,16,17,18). The van der Waals surface area contributed by atoms with Crippen LogP contribution in [0.1, 0.15) is 26.5 Å². The van der Waals surface area contributed by atoms with Crippen molar-refractivity contribution in [1.29, 1.82) is 0 Å². The van der Waals surface area contributed by atoms with E-state index in [2.05, 4.69) is 15.0 Å². The van der Waals surface area contributed by atoms with Crippen LogP contribution in [0.3, 0.4) is 0 Å². The van der Waals surface area contributed by atoms with Gasteiger partial charge in [0, 0.05) is 6.04 Å². The van der Waals surface area contributed by atoms with Gasteiger partial charge in [0.2, 0.25) is 0 Å². The summed E-state index contributed by atoms with van der Waals surface area (Å²) >= 11 is 0. The first-order valence-corrected chi connectivity index (χ1v) is 7.60. The van der Waals surface area contributed by atoms with Crippen LogP contribution >= 0.6 is 0 Å². The molecule has 1 saturated heterocycles. The Kier molecular flexibility index (Phi) is 4.19. The molecule has 6 N–H and O–H groups in total. The zero-order chi connectivity index (χ0) is 16.7. The molecule has 2 aromatic rings. The minimum Gasteiger partial charge on any atom is -0.388 e. The first-order chi connectivity index (χ1) is 10.9. The van der Waals surface area contributed by atoms with Crippen molar-refractivity contribution in [2.24, 2.45) is 11.7 Å². The van der Waals surface area contributed by atoms with Crippen LogP contribution in [0.15, 0.2) is 12.7 Å². The normalized spacial score (nSPS) is 29.5. The number of fused-ring (bicyclic) bond motifs is 1. The molecule has 23 heavy (non-hydrogen) atoms. The SMILES string of the molecule is CC(C)C(N)CC1OC(n2cnc3c(N)ncnc32)C(O)C1O. The Morgan fingerprint density at radius 2 is 2.00 bits per heavy atom. The van der Waals surface area contributed by atoms with Crippen molar-refractivity contribution in [2.75, 3.05) is 5.73 Å². The maximum Gasteiger partial charge on any atom is 0.167 e. The summed E-state index contributed by atoms with van der Waals surface area (Å²) in [5.74, 6) is 0.503. The Bertz CT molecular complexity index is 690. The van der Waals surface area contributed by atoms with E-state index in [1.165, 1.54) is 12.7 Å². The van der Waals surface area contributed by atoms with Gasteiger partial charge in [0.25, 0.3) is 0 Å². The molecule has 0 bridgehead atoms. The molecular formula is C14H22N6O3. The molecule has 126 valence electrons. The van der Waals surface area contributed by atoms with Crippen molar-refractivity contribution < 1.29 is 14.9 Å². The summed E-state index contributed by atoms with van der Waals surface area (Å²) in [6, 6.07) is -0.127. The van der Waals surface area contributed by atoms with Gasteiger partial charge < -0.3 is 26.4 Å². The number of nitrogens with two attached hydrogens (primary N) is 2. The van der Waals surface area contributed by atoms with E-state index in [-0.39, 0.29) is 17.8 Å². The zero-order valence-corrected chi connectivity index (χ0v) is 13.1. The third kappa shape index (κ3) is 2.76. The maximum atomic E-state index is 10.3. The van der Waals surface area contributed by atoms with Gasteiger partial charge in [0.1, 0.15) is 24.1 Å². The lowest BCUT2D eigenvalue weighted by molar-refractivity contribution is -0.0395. The third-order valence-corrected chi connectivity index (χ3v) is 4.36. The van der Waals surface area contributed by atoms with Crippen LogP contribution in [0.25, 0.3) is 11.2 Å². The van der Waals surface area contributed by atoms with Gasteiger partial charge in [-0.3, -0.25) is 4.57 Å². The summed E-state index contributed by atoms with van der Waals surface area (Å²) in [5.41, 5.74) is 12.7. The average molecular weight is 322 g/mol. The molecule has 2 aromatic heterocycles. The molecule has 1 aliphatic rings. The second-order valence-corrected chi connectivity index (χ2v) is 6.27. The second-order valence-electron chi connectivity index (χ2n) is 6.27. The fourth-order valence-corrected chi connectivity index (χ4v) is 2.75. The van der Waals surface area contributed by atoms with Crippen molar-refractivity contribution in [3.63, 3.8) is 0 Å². The highest BCUT2D eigenvalue weighted by Crippen LogP contribution is 2.34. The number of ether oxygens (including phenoxy) is 1. The smallest absolute Gasteiger partial charge is 0.167 e. The van der Waals surface area contributed by atoms with E-state index in [9.17, 15) is 10.2 Å². The van der Waals surface area contributed by atoms with Gasteiger partial charge in [0.15, 0.2) is 17.7 Å². The van der Waals surface area contributed by atoms with E-state index in [0.29, 0.717) is 17.6 Å². The summed E-state index contributed by atoms with van der Waals surface area (Å²) in [7, 11) is 0. The van der Waals surface area contributed by atoms with Crippen LogP contribution in [0.2, 0.25) is 0 Å². The third-order valence-electron chi connectivity index (χ3n) is 4.36. The van der Waals surface area contributed by atoms with Crippen molar-refractivity contribution >= 4 is 17.0 Å². The predicted molar refractivity (Wildman–Crippen MR) is 83.1 cm³/mol. The Balaban J connectivity index is 1.87. The molecule has 0 saturated carbocycles. The number of aliphatic hydroxyl groups is 2. The minimum absolute atomic E-state index is 0.127. The molecule has 0 aromatic carbocycles. The molecule has 0 radical (unpaired) electrons. The van der Waals surface area contributed by atoms with E-state index >= 15 is 0 Å². The highest BCUT2D eigenvalue weighted by atomic mass is 16.6. The Hall–Kier alpha value is -1.81. The molecule has 3 rings (SSSR count). The second kappa shape index (κ2) is 6.00. The minimum atomic E-state index is -1.10. The average Bonchev–Trinajstić information content (AvgIpc) is 3.05. The van der Waals surface area contributed by atoms with Crippen molar-refractivity contribution in [3.8, 4) is 0 Å². The van der Waals surface area contributed by atoms with Gasteiger partial charge in [0.05, 0.1) is 12.4 Å². The van der Waals surface area contributed by atoms with Crippen LogP contribution < -0.4 is 11.5 Å². The molecule has 0 amide bonds. The Morgan fingerprint density at radius 1 is 1.26 bits per heavy atom. The highest BCUT2D eigenvalue weighted by molar-refractivity contribution is 5.81. The number of hydrogen-bond donors (Lipinski definition) is 4. The molecule has 9 nitrogen and oxygen atoms in total. The summed E-state index contributed by atoms with van der Waals surface area (Å²) < 4.78 is 7.40. The first kappa shape index (κ1) is 16.1. The Labute approximate surface area is 133 Å². The molecular weight excluding hydrogens is 300 g/mol. The topological polar surface area (TPSA) is 145 Å². The maximum absolute atomic E-state index is 10.3. The van der Waals surface area contributed by atoms with Gasteiger partial charge in [-0.05, 0) is 12.3 Å². The number of imidazole rings is 1. The summed E-state index contributed by atoms with van der Waals surface area (Å²) in [6.45, 7) is 4.01. The number of hydrogen-bond acceptors (Lipinski definition) is 8. The van der Waals surface area contributed by atoms with Crippen LogP contribution in [-0.4, -0.2) is 54.1 Å². The quantitative estimate of drug-likeness (QED) is 0.584. The number of nitrogens with zero attached hydrogens (tertiary/aromatic N) is 4. The summed E-state index contributed by atoms with van der Waals surface area (Å²) in [5, 5.41) is 20.6. The lowest BCUT2D eigenvalue weighted by Gasteiger charge is -2.21. The van der Waals surface area contributed by atoms with Crippen LogP contribution in [-0.2, 0) is 4.74 Å². The van der Waals surface area contributed by atoms with Crippen LogP contribution in [0.4, 0.5) is 5.82 Å². The number of aliphatic hydroxyl groups excluding tert-OH is 2. The number of anilines is 1. The largest absolute Gasteiger partial charge is 0.388 e. The molecule has 1 fully saturated rings. The van der Waals surface area contributed by atoms with E-state index < -0.39 is 24.5 Å². The van der Waals surface area contributed by atoms with Gasteiger partial charge in [-0.25, -0.2) is 15.0 Å². The molecule has 0 aliphatic carbocycles. The zero-order valence-electron chi connectivity index (χ0n) is 13.1. The van der Waals surface area contributed by atoms with Gasteiger partial charge >= 0.3 is 0 Å². The molecule has 5 atom stereocenters. The number of aromatic nitrogens is 4. The molecule has 9 heteroatoms. The lowest BCUT2D eigenvalue weighted by atomic mass is 9.96. The molecule has 3 heterocycles. The van der Waals surface area contributed by atoms with Gasteiger partial charge in [-0.1, -0.05) is 13.8 Å². The Morgan fingerprint density at radius 3 is 2.70 bits per heavy atom. The van der Waals surface area contributed by atoms with Crippen molar-refractivity contribution in [2.45, 2.75) is 50.8 Å². The van der Waals surface area contributed by atoms with E-state index in [1.807, 2.05) is 13.8 Å². The molecule has 0 spiro atoms. The fraction of sp³-hybridized carbons (Fsp3) is 0.643. The molecule has 5 unspecified atom stereocenters. The van der Waals surface area contributed by atoms with E-state index in [4.69, 9.17) is 16.2 Å². The molecule has 1 aliphatic heterocycles. The fourth-order valence-electron chi connectivity index (χ4n) is 2.75.